The van der Waals surface area contributed by atoms with Crippen LogP contribution < -0.4 is 20.0 Å². The van der Waals surface area contributed by atoms with Crippen LogP contribution in [0.4, 0.5) is 10.3 Å². The van der Waals surface area contributed by atoms with Crippen molar-refractivity contribution < 1.29 is 18.3 Å². The normalized spacial score (nSPS) is 26.3. The number of ether oxygens (including phenoxy) is 2. The number of aromatic nitrogens is 3. The highest BCUT2D eigenvalue weighted by Crippen LogP contribution is 2.44. The summed E-state index contributed by atoms with van der Waals surface area (Å²) in [6.45, 7) is 13.9. The fourth-order valence-electron chi connectivity index (χ4n) is 7.88. The van der Waals surface area contributed by atoms with Crippen LogP contribution in [0.5, 0.6) is 6.01 Å². The van der Waals surface area contributed by atoms with Gasteiger partial charge in [0, 0.05) is 19.5 Å². The predicted molar refractivity (Wildman–Crippen MR) is 178 cm³/mol. The molecule has 0 saturated carbocycles. The van der Waals surface area contributed by atoms with Gasteiger partial charge < -0.3 is 18.8 Å². The van der Waals surface area contributed by atoms with Crippen molar-refractivity contribution >= 4 is 24.6 Å². The Balaban J connectivity index is 1.33. The number of fused-ring (bicyclic) bond motifs is 1. The van der Waals surface area contributed by atoms with E-state index in [2.05, 4.69) is 97.2 Å². The number of hydrogen-bond acceptors (Lipinski definition) is 9. The zero-order valence-electron chi connectivity index (χ0n) is 27.6. The first-order valence-corrected chi connectivity index (χ1v) is 18.2. The molecule has 4 heterocycles. The van der Waals surface area contributed by atoms with Crippen molar-refractivity contribution in [2.45, 2.75) is 82.3 Å². The quantitative estimate of drug-likeness (QED) is 0.334. The Kier molecular flexibility index (Phi) is 8.93. The van der Waals surface area contributed by atoms with E-state index in [1.165, 1.54) is 10.4 Å². The number of benzene rings is 2. The summed E-state index contributed by atoms with van der Waals surface area (Å²) in [6.07, 6.45) is 1.07. The summed E-state index contributed by atoms with van der Waals surface area (Å²) in [5.41, 5.74) is -1.14. The second-order valence-electron chi connectivity index (χ2n) is 14.3. The molecule has 0 aliphatic carbocycles. The van der Waals surface area contributed by atoms with Crippen molar-refractivity contribution in [1.29, 1.82) is 5.26 Å². The summed E-state index contributed by atoms with van der Waals surface area (Å²) in [4.78, 5) is 17.8. The van der Waals surface area contributed by atoms with Gasteiger partial charge in [0.05, 0.1) is 30.9 Å². The van der Waals surface area contributed by atoms with E-state index in [1.807, 2.05) is 24.0 Å². The highest BCUT2D eigenvalue weighted by Gasteiger charge is 2.55. The Bertz CT molecular complexity index is 1510. The minimum atomic E-state index is -2.92. The average Bonchev–Trinajstić information content (AvgIpc) is 3.51. The first-order valence-electron chi connectivity index (χ1n) is 16.3. The first-order chi connectivity index (χ1) is 22.0. The zero-order valence-corrected chi connectivity index (χ0v) is 28.6. The summed E-state index contributed by atoms with van der Waals surface area (Å²) < 4.78 is 34.7. The van der Waals surface area contributed by atoms with E-state index in [1.54, 1.807) is 0 Å². The molecule has 3 aliphatic rings. The van der Waals surface area contributed by atoms with E-state index in [0.29, 0.717) is 45.2 Å². The summed E-state index contributed by atoms with van der Waals surface area (Å²) in [6, 6.07) is 23.3. The SMILES string of the molecule is CC(Oc1nc(C#N)nc(N2CCOCC(C)(O[Si](c3ccccc3)(c3ccccc3)C(C)(C)C)C2)n1)[C@@]12CCCN1C[C@H](F)C2. The van der Waals surface area contributed by atoms with Gasteiger partial charge in [-0.05, 0) is 48.6 Å². The molecule has 3 fully saturated rings. The summed E-state index contributed by atoms with van der Waals surface area (Å²) in [5.74, 6) is 0.314. The number of hydrogen-bond donors (Lipinski definition) is 0. The van der Waals surface area contributed by atoms with Crippen molar-refractivity contribution in [2.24, 2.45) is 0 Å². The molecule has 0 spiro atoms. The van der Waals surface area contributed by atoms with Gasteiger partial charge in [0.2, 0.25) is 11.8 Å². The fourth-order valence-corrected chi connectivity index (χ4v) is 12.7. The van der Waals surface area contributed by atoms with Gasteiger partial charge >= 0.3 is 6.01 Å². The highest BCUT2D eigenvalue weighted by atomic mass is 28.4. The second-order valence-corrected chi connectivity index (χ2v) is 18.5. The first kappa shape index (κ1) is 32.5. The molecule has 3 saturated heterocycles. The monoisotopic (exact) mass is 644 g/mol. The van der Waals surface area contributed by atoms with Crippen LogP contribution in [0.15, 0.2) is 60.7 Å². The van der Waals surface area contributed by atoms with E-state index in [0.717, 1.165) is 19.4 Å². The van der Waals surface area contributed by atoms with Crippen molar-refractivity contribution in [1.82, 2.24) is 19.9 Å². The third-order valence-corrected chi connectivity index (χ3v) is 15.1. The van der Waals surface area contributed by atoms with Crippen LogP contribution in [-0.2, 0) is 9.16 Å². The zero-order chi connectivity index (χ0) is 32.6. The van der Waals surface area contributed by atoms with Crippen LogP contribution >= 0.6 is 0 Å². The molecule has 6 rings (SSSR count). The Labute approximate surface area is 272 Å². The minimum absolute atomic E-state index is 0.0254. The molecule has 11 heteroatoms. The van der Waals surface area contributed by atoms with Gasteiger partial charge in [-0.3, -0.25) is 4.90 Å². The molecule has 3 aliphatic heterocycles. The molecule has 4 atom stereocenters. The van der Waals surface area contributed by atoms with Crippen LogP contribution in [0, 0.1) is 11.3 Å². The molecule has 244 valence electrons. The van der Waals surface area contributed by atoms with E-state index in [4.69, 9.17) is 18.9 Å². The van der Waals surface area contributed by atoms with Gasteiger partial charge in [-0.1, -0.05) is 81.4 Å². The molecule has 0 bridgehead atoms. The van der Waals surface area contributed by atoms with Crippen molar-refractivity contribution in [2.75, 3.05) is 44.3 Å². The Morgan fingerprint density at radius 3 is 2.35 bits per heavy atom. The average molecular weight is 645 g/mol. The number of anilines is 1. The Morgan fingerprint density at radius 1 is 1.04 bits per heavy atom. The van der Waals surface area contributed by atoms with Crippen LogP contribution in [-0.4, -0.2) is 91.0 Å². The van der Waals surface area contributed by atoms with Crippen molar-refractivity contribution in [3.8, 4) is 12.1 Å². The third kappa shape index (κ3) is 6.04. The number of halogens is 1. The molecule has 0 N–H and O–H groups in total. The maximum absolute atomic E-state index is 14.5. The molecule has 1 aromatic heterocycles. The van der Waals surface area contributed by atoms with Crippen LogP contribution in [0.25, 0.3) is 0 Å². The van der Waals surface area contributed by atoms with Gasteiger partial charge in [-0.15, -0.1) is 0 Å². The number of alkyl halides is 1. The highest BCUT2D eigenvalue weighted by molar-refractivity contribution is 6.99. The van der Waals surface area contributed by atoms with E-state index >= 15 is 0 Å². The molecule has 9 nitrogen and oxygen atoms in total. The number of nitriles is 1. The molecule has 0 radical (unpaired) electrons. The van der Waals surface area contributed by atoms with Crippen LogP contribution in [0.1, 0.15) is 59.7 Å². The molecule has 2 unspecified atom stereocenters. The lowest BCUT2D eigenvalue weighted by Gasteiger charge is -2.48. The summed E-state index contributed by atoms with van der Waals surface area (Å²) >= 11 is 0. The molecule has 0 amide bonds. The Hall–Kier alpha value is -3.43. The molecular weight excluding hydrogens is 600 g/mol. The Morgan fingerprint density at radius 2 is 1.72 bits per heavy atom. The number of rotatable bonds is 8. The van der Waals surface area contributed by atoms with Gasteiger partial charge in [-0.25, -0.2) is 4.39 Å². The van der Waals surface area contributed by atoms with Crippen molar-refractivity contribution in [3.05, 3.63) is 66.5 Å². The van der Waals surface area contributed by atoms with Crippen LogP contribution in [0.2, 0.25) is 5.04 Å². The summed E-state index contributed by atoms with van der Waals surface area (Å²) in [5, 5.41) is 12.0. The van der Waals surface area contributed by atoms with Gasteiger partial charge in [0.1, 0.15) is 18.3 Å². The largest absolute Gasteiger partial charge is 0.458 e. The molecule has 2 aromatic carbocycles. The van der Waals surface area contributed by atoms with E-state index in [9.17, 15) is 9.65 Å². The maximum Gasteiger partial charge on any atom is 0.322 e. The smallest absolute Gasteiger partial charge is 0.322 e. The molecule has 3 aromatic rings. The topological polar surface area (TPSA) is 96.6 Å². The predicted octanol–water partition coefficient (Wildman–Crippen LogP) is 4.26. The standard InChI is InChI=1S/C35H45FN6O3Si/c1-26(35-17-12-18-42(35)23-27(36)21-35)44-32-39-30(22-37)38-31(40-32)41-19-20-43-25-34(5,24-41)45-46(33(2,3)4,28-13-8-6-9-14-28)29-15-10-7-11-16-29/h6-11,13-16,26-27H,12,17-21,23-25H2,1-5H3/t26?,27-,34?,35+/m1/s1. The third-order valence-electron chi connectivity index (χ3n) is 9.94. The van der Waals surface area contributed by atoms with Crippen molar-refractivity contribution in [3.63, 3.8) is 0 Å². The van der Waals surface area contributed by atoms with Gasteiger partial charge in [-0.2, -0.15) is 20.2 Å². The lowest BCUT2D eigenvalue weighted by molar-refractivity contribution is -0.000412. The molecule has 46 heavy (non-hydrogen) atoms. The van der Waals surface area contributed by atoms with E-state index < -0.39 is 25.6 Å². The fraction of sp³-hybridized carbons (Fsp3) is 0.543. The summed E-state index contributed by atoms with van der Waals surface area (Å²) in [7, 11) is -2.92. The minimum Gasteiger partial charge on any atom is -0.458 e. The van der Waals surface area contributed by atoms with E-state index in [-0.39, 0.29) is 23.0 Å². The lowest BCUT2D eigenvalue weighted by Crippen LogP contribution is -2.70. The van der Waals surface area contributed by atoms with Crippen LogP contribution in [0.3, 0.4) is 0 Å². The molecular formula is C35H45FN6O3Si. The lowest BCUT2D eigenvalue weighted by atomic mass is 9.88. The maximum atomic E-state index is 14.5. The van der Waals surface area contributed by atoms with Gasteiger partial charge in [0.15, 0.2) is 0 Å². The van der Waals surface area contributed by atoms with Gasteiger partial charge in [0.25, 0.3) is 8.32 Å². The second kappa shape index (κ2) is 12.6. The number of nitrogens with zero attached hydrogens (tertiary/aromatic N) is 6.